The van der Waals surface area contributed by atoms with Crippen molar-refractivity contribution in [2.45, 2.75) is 51.0 Å². The Morgan fingerprint density at radius 3 is 2.68 bits per heavy atom. The summed E-state index contributed by atoms with van der Waals surface area (Å²) < 4.78 is 11.7. The van der Waals surface area contributed by atoms with Crippen LogP contribution in [0.1, 0.15) is 59.3 Å². The fourth-order valence-corrected chi connectivity index (χ4v) is 7.72. The quantitative estimate of drug-likeness (QED) is 0.522. The molecule has 7 rings (SSSR count). The Labute approximate surface area is 257 Å². The van der Waals surface area contributed by atoms with Gasteiger partial charge in [-0.25, -0.2) is 4.99 Å². The zero-order chi connectivity index (χ0) is 30.3. The van der Waals surface area contributed by atoms with E-state index in [1.165, 1.54) is 0 Å². The van der Waals surface area contributed by atoms with Gasteiger partial charge in [0.25, 0.3) is 5.91 Å². The molecule has 1 fully saturated rings. The zero-order valence-electron chi connectivity index (χ0n) is 25.1. The van der Waals surface area contributed by atoms with E-state index in [4.69, 9.17) is 9.47 Å². The number of ether oxygens (including phenoxy) is 2. The summed E-state index contributed by atoms with van der Waals surface area (Å²) in [6, 6.07) is 11.3. The van der Waals surface area contributed by atoms with Crippen LogP contribution in [0.3, 0.4) is 0 Å². The molecule has 10 heteroatoms. The molecule has 2 N–H and O–H groups in total. The smallest absolute Gasteiger partial charge is 0.253 e. The van der Waals surface area contributed by atoms with E-state index >= 15 is 0 Å². The van der Waals surface area contributed by atoms with E-state index in [2.05, 4.69) is 39.7 Å². The first-order chi connectivity index (χ1) is 21.4. The van der Waals surface area contributed by atoms with E-state index in [-0.39, 0.29) is 35.5 Å². The van der Waals surface area contributed by atoms with Crippen LogP contribution in [0.2, 0.25) is 0 Å². The molecule has 44 heavy (non-hydrogen) atoms. The first-order valence-electron chi connectivity index (χ1n) is 15.8. The second kappa shape index (κ2) is 11.9. The molecular weight excluding hydrogens is 558 g/mol. The van der Waals surface area contributed by atoms with Crippen molar-refractivity contribution < 1.29 is 23.9 Å². The Bertz CT molecular complexity index is 1520. The number of aromatic nitrogens is 1. The lowest BCUT2D eigenvalue weighted by molar-refractivity contribution is -0.137. The molecule has 1 spiro atoms. The third-order valence-corrected chi connectivity index (χ3v) is 10.1. The number of aliphatic imine (C=N–C) groups is 1. The van der Waals surface area contributed by atoms with Crippen LogP contribution in [0.15, 0.2) is 59.0 Å². The fourth-order valence-electron chi connectivity index (χ4n) is 7.72. The molecule has 4 unspecified atom stereocenters. The molecule has 2 aromatic rings. The molecule has 1 aromatic heterocycles. The number of benzene rings is 1. The molecule has 230 valence electrons. The molecule has 1 aromatic carbocycles. The fraction of sp³-hybridized carbons (Fsp3) is 0.500. The number of hydrogen-bond donors (Lipinski definition) is 2. The highest BCUT2D eigenvalue weighted by Gasteiger charge is 2.55. The van der Waals surface area contributed by atoms with E-state index in [0.717, 1.165) is 35.2 Å². The third kappa shape index (κ3) is 5.24. The number of carbonyl (C=O) groups excluding carboxylic acids is 3. The second-order valence-electron chi connectivity index (χ2n) is 12.7. The van der Waals surface area contributed by atoms with Gasteiger partial charge in [0.05, 0.1) is 30.8 Å². The second-order valence-corrected chi connectivity index (χ2v) is 12.7. The Morgan fingerprint density at radius 2 is 1.84 bits per heavy atom. The van der Waals surface area contributed by atoms with Crippen molar-refractivity contribution in [1.29, 1.82) is 0 Å². The number of rotatable bonds is 1. The summed E-state index contributed by atoms with van der Waals surface area (Å²) in [6.45, 7) is 5.14. The van der Waals surface area contributed by atoms with Crippen LogP contribution in [0.4, 0.5) is 0 Å². The average Bonchev–Trinajstić information content (AvgIpc) is 3.55. The predicted molar refractivity (Wildman–Crippen MR) is 163 cm³/mol. The normalized spacial score (nSPS) is 30.9. The summed E-state index contributed by atoms with van der Waals surface area (Å²) in [4.78, 5) is 51.9. The molecule has 5 atom stereocenters. The molecule has 7 bridgehead atoms. The summed E-state index contributed by atoms with van der Waals surface area (Å²) in [5.41, 5.74) is 3.56. The maximum Gasteiger partial charge on any atom is 0.253 e. The van der Waals surface area contributed by atoms with Crippen molar-refractivity contribution in [1.82, 2.24) is 20.5 Å². The molecule has 4 aliphatic heterocycles. The average molecular weight is 598 g/mol. The first-order valence-corrected chi connectivity index (χ1v) is 15.8. The number of hydrogen-bond acceptors (Lipinski definition) is 7. The summed E-state index contributed by atoms with van der Waals surface area (Å²) >= 11 is 0. The van der Waals surface area contributed by atoms with Crippen LogP contribution in [0.25, 0.3) is 0 Å². The molecule has 5 heterocycles. The Balaban J connectivity index is 1.17. The van der Waals surface area contributed by atoms with Crippen molar-refractivity contribution in [3.8, 4) is 0 Å². The van der Waals surface area contributed by atoms with Gasteiger partial charge in [-0.15, -0.1) is 0 Å². The maximum atomic E-state index is 13.6. The highest BCUT2D eigenvalue weighted by Crippen LogP contribution is 2.52. The first kappa shape index (κ1) is 28.9. The van der Waals surface area contributed by atoms with Crippen molar-refractivity contribution in [2.24, 2.45) is 22.2 Å². The minimum absolute atomic E-state index is 0.0474. The van der Waals surface area contributed by atoms with Crippen LogP contribution >= 0.6 is 0 Å². The lowest BCUT2D eigenvalue weighted by Crippen LogP contribution is -2.55. The molecule has 1 saturated heterocycles. The van der Waals surface area contributed by atoms with Crippen molar-refractivity contribution in [2.75, 3.05) is 39.5 Å². The number of pyridine rings is 1. The van der Waals surface area contributed by atoms with Gasteiger partial charge >= 0.3 is 0 Å². The van der Waals surface area contributed by atoms with Gasteiger partial charge in [0, 0.05) is 56.1 Å². The highest BCUT2D eigenvalue weighted by molar-refractivity contribution is 5.98. The summed E-state index contributed by atoms with van der Waals surface area (Å²) in [7, 11) is 0. The number of nitrogens with zero attached hydrogens (tertiary/aromatic N) is 3. The molecule has 3 amide bonds. The number of amides is 3. The SMILES string of the molecule is CC1C2=C3N=CC1CCCOCCOCCN1CC(c4ccccc4)CC(NC(=O)c4cnc5c(c4)C[C@@]2(C5)C(=O)N3)C1=O. The predicted octanol–water partition coefficient (Wildman–Crippen LogP) is 2.79. The summed E-state index contributed by atoms with van der Waals surface area (Å²) in [5.74, 6) is 0.601. The van der Waals surface area contributed by atoms with Crippen LogP contribution in [-0.4, -0.2) is 79.4 Å². The van der Waals surface area contributed by atoms with Gasteiger partial charge in [0.15, 0.2) is 0 Å². The van der Waals surface area contributed by atoms with Crippen LogP contribution in [-0.2, 0) is 31.9 Å². The Morgan fingerprint density at radius 1 is 1.02 bits per heavy atom. The minimum atomic E-state index is -0.747. The molecule has 5 aliphatic rings. The highest BCUT2D eigenvalue weighted by atomic mass is 16.5. The summed E-state index contributed by atoms with van der Waals surface area (Å²) in [6.07, 6.45) is 6.80. The topological polar surface area (TPSA) is 122 Å². The van der Waals surface area contributed by atoms with Gasteiger partial charge in [-0.3, -0.25) is 19.4 Å². The lowest BCUT2D eigenvalue weighted by Gasteiger charge is -2.37. The Kier molecular flexibility index (Phi) is 7.80. The molecule has 0 saturated carbocycles. The van der Waals surface area contributed by atoms with Crippen molar-refractivity contribution in [3.63, 3.8) is 0 Å². The van der Waals surface area contributed by atoms with Crippen molar-refractivity contribution >= 4 is 23.9 Å². The Hall–Kier alpha value is -3.89. The molecule has 10 nitrogen and oxygen atoms in total. The van der Waals surface area contributed by atoms with E-state index in [1.54, 1.807) is 11.1 Å². The number of piperidine rings is 1. The molecule has 1 aliphatic carbocycles. The van der Waals surface area contributed by atoms with E-state index in [0.29, 0.717) is 70.2 Å². The standard InChI is InChI=1S/C34H39N5O5/c1-21-23-8-5-10-43-12-13-44-11-9-39-20-26(22-6-3-2-4-7-22)15-27(32(39)41)37-31(40)25-14-24-16-34(17-28(24)35-19-25)29(21)30(36-18-23)38-33(34)42/h2-4,6-7,14,18-19,21,23,26-27H,5,8-13,15-17,20H2,1H3,(H,37,40)(H,38,42)/t21?,23?,26?,27?,34-/m0/s1. The van der Waals surface area contributed by atoms with Gasteiger partial charge in [-0.1, -0.05) is 37.3 Å². The van der Waals surface area contributed by atoms with Crippen LogP contribution in [0, 0.1) is 17.3 Å². The van der Waals surface area contributed by atoms with Crippen molar-refractivity contribution in [3.05, 3.63) is 76.4 Å². The van der Waals surface area contributed by atoms with Gasteiger partial charge in [0.1, 0.15) is 11.9 Å². The van der Waals surface area contributed by atoms with Gasteiger partial charge in [-0.2, -0.15) is 0 Å². The van der Waals surface area contributed by atoms with Crippen LogP contribution in [0.5, 0.6) is 0 Å². The third-order valence-electron chi connectivity index (χ3n) is 10.1. The molecular formula is C34H39N5O5. The maximum absolute atomic E-state index is 13.6. The monoisotopic (exact) mass is 597 g/mol. The number of fused-ring (bicyclic) bond motifs is 4. The van der Waals surface area contributed by atoms with Gasteiger partial charge in [-0.05, 0) is 54.4 Å². The number of carbonyl (C=O) groups is 3. The van der Waals surface area contributed by atoms with E-state index in [9.17, 15) is 14.4 Å². The largest absolute Gasteiger partial charge is 0.379 e. The number of nitrogens with one attached hydrogen (secondary N) is 2. The van der Waals surface area contributed by atoms with Gasteiger partial charge < -0.3 is 25.0 Å². The molecule has 0 radical (unpaired) electrons. The van der Waals surface area contributed by atoms with Crippen LogP contribution < -0.4 is 10.6 Å². The minimum Gasteiger partial charge on any atom is -0.379 e. The van der Waals surface area contributed by atoms with E-state index < -0.39 is 11.5 Å². The lowest BCUT2D eigenvalue weighted by atomic mass is 9.69. The zero-order valence-corrected chi connectivity index (χ0v) is 25.1. The van der Waals surface area contributed by atoms with Gasteiger partial charge in [0.2, 0.25) is 11.8 Å². The summed E-state index contributed by atoms with van der Waals surface area (Å²) in [5, 5.41) is 6.06. The van der Waals surface area contributed by atoms with E-state index in [1.807, 2.05) is 30.5 Å².